The smallest absolute Gasteiger partial charge is 0.246 e. The van der Waals surface area contributed by atoms with Crippen LogP contribution in [-0.2, 0) is 0 Å². The van der Waals surface area contributed by atoms with Crippen molar-refractivity contribution in [2.45, 2.75) is 6.92 Å². The Morgan fingerprint density at radius 1 is 1.83 bits per heavy atom. The number of nitrogens with two attached hydrogens (primary N) is 1. The van der Waals surface area contributed by atoms with Gasteiger partial charge in [0.25, 0.3) is 0 Å². The van der Waals surface area contributed by atoms with Crippen molar-refractivity contribution in [1.29, 1.82) is 0 Å². The van der Waals surface area contributed by atoms with Crippen LogP contribution in [-0.4, -0.2) is 28.3 Å². The monoisotopic (exact) mass is 167 g/mol. The van der Waals surface area contributed by atoms with E-state index in [0.717, 1.165) is 0 Å². The Kier molecular flexibility index (Phi) is 2.35. The second-order valence-corrected chi connectivity index (χ2v) is 2.31. The minimum absolute atomic E-state index is 0.1000. The molecule has 0 saturated carbocycles. The molecule has 1 rings (SSSR count). The number of imidazole rings is 1. The third-order valence-electron chi connectivity index (χ3n) is 1.49. The summed E-state index contributed by atoms with van der Waals surface area (Å²) in [6, 6.07) is 0. The maximum Gasteiger partial charge on any atom is 0.246 e. The van der Waals surface area contributed by atoms with Crippen LogP contribution in [0.5, 0.6) is 0 Å². The molecule has 0 aliphatic heterocycles. The molecular weight excluding hydrogens is 158 g/mol. The Labute approximate surface area is 69.2 Å². The van der Waals surface area contributed by atoms with Gasteiger partial charge in [0.1, 0.15) is 0 Å². The molecule has 0 radical (unpaired) electrons. The molecule has 64 valence electrons. The van der Waals surface area contributed by atoms with Crippen molar-refractivity contribution < 1.29 is 9.59 Å². The molecule has 0 aliphatic carbocycles. The SMILES string of the molecule is Cc1cnc(C=O)n1C(=O)CN. The van der Waals surface area contributed by atoms with Crippen molar-refractivity contribution in [2.24, 2.45) is 5.73 Å². The Bertz CT molecular complexity index is 316. The van der Waals surface area contributed by atoms with Gasteiger partial charge in [-0.05, 0) is 6.92 Å². The third-order valence-corrected chi connectivity index (χ3v) is 1.49. The molecule has 0 fully saturated rings. The van der Waals surface area contributed by atoms with Crippen LogP contribution < -0.4 is 5.73 Å². The summed E-state index contributed by atoms with van der Waals surface area (Å²) in [7, 11) is 0. The summed E-state index contributed by atoms with van der Waals surface area (Å²) in [5.74, 6) is -0.227. The summed E-state index contributed by atoms with van der Waals surface area (Å²) in [4.78, 5) is 25.2. The number of carbonyl (C=O) groups is 2. The van der Waals surface area contributed by atoms with Gasteiger partial charge in [0.05, 0.1) is 6.54 Å². The van der Waals surface area contributed by atoms with E-state index in [1.165, 1.54) is 10.8 Å². The van der Waals surface area contributed by atoms with Gasteiger partial charge in [0.15, 0.2) is 12.1 Å². The van der Waals surface area contributed by atoms with Crippen LogP contribution in [0.25, 0.3) is 0 Å². The molecule has 1 aromatic rings. The van der Waals surface area contributed by atoms with Gasteiger partial charge >= 0.3 is 0 Å². The van der Waals surface area contributed by atoms with Gasteiger partial charge in [-0.3, -0.25) is 14.2 Å². The first kappa shape index (κ1) is 8.61. The van der Waals surface area contributed by atoms with Crippen LogP contribution in [0.15, 0.2) is 6.20 Å². The fourth-order valence-electron chi connectivity index (χ4n) is 0.955. The van der Waals surface area contributed by atoms with Crippen LogP contribution in [0.2, 0.25) is 0 Å². The predicted molar refractivity (Wildman–Crippen MR) is 42.0 cm³/mol. The summed E-state index contributed by atoms with van der Waals surface area (Å²) < 4.78 is 1.20. The molecule has 0 spiro atoms. The number of hydrogen-bond acceptors (Lipinski definition) is 4. The average Bonchev–Trinajstić information content (AvgIpc) is 2.45. The maximum atomic E-state index is 11.1. The highest BCUT2D eigenvalue weighted by Gasteiger charge is 2.11. The van der Waals surface area contributed by atoms with Crippen molar-refractivity contribution in [3.63, 3.8) is 0 Å². The summed E-state index contributed by atoms with van der Waals surface area (Å²) in [6.45, 7) is 1.56. The lowest BCUT2D eigenvalue weighted by Crippen LogP contribution is -2.23. The third kappa shape index (κ3) is 1.26. The Balaban J connectivity index is 3.18. The zero-order valence-electron chi connectivity index (χ0n) is 6.65. The summed E-state index contributed by atoms with van der Waals surface area (Å²) in [5.41, 5.74) is 5.76. The second kappa shape index (κ2) is 3.27. The van der Waals surface area contributed by atoms with Crippen LogP contribution in [0.3, 0.4) is 0 Å². The Morgan fingerprint density at radius 3 is 3.00 bits per heavy atom. The maximum absolute atomic E-state index is 11.1. The van der Waals surface area contributed by atoms with Gasteiger partial charge in [-0.2, -0.15) is 0 Å². The van der Waals surface area contributed by atoms with E-state index in [1.54, 1.807) is 6.92 Å². The first-order valence-corrected chi connectivity index (χ1v) is 3.43. The summed E-state index contributed by atoms with van der Waals surface area (Å²) >= 11 is 0. The molecule has 0 atom stereocenters. The van der Waals surface area contributed by atoms with Gasteiger partial charge in [0.2, 0.25) is 5.91 Å². The molecule has 0 amide bonds. The Hall–Kier alpha value is -1.49. The van der Waals surface area contributed by atoms with Crippen LogP contribution in [0.4, 0.5) is 0 Å². The lowest BCUT2D eigenvalue weighted by molar-refractivity contribution is 0.0908. The molecule has 1 heterocycles. The van der Waals surface area contributed by atoms with Gasteiger partial charge in [-0.25, -0.2) is 4.98 Å². The molecule has 0 saturated heterocycles. The Morgan fingerprint density at radius 2 is 2.50 bits per heavy atom. The van der Waals surface area contributed by atoms with Gasteiger partial charge in [0, 0.05) is 11.9 Å². The van der Waals surface area contributed by atoms with Gasteiger partial charge in [-0.15, -0.1) is 0 Å². The fourth-order valence-corrected chi connectivity index (χ4v) is 0.955. The number of aromatic nitrogens is 2. The highest BCUT2D eigenvalue weighted by molar-refractivity contribution is 5.86. The van der Waals surface area contributed by atoms with Crippen LogP contribution in [0, 0.1) is 6.92 Å². The van der Waals surface area contributed by atoms with Crippen molar-refractivity contribution in [3.05, 3.63) is 17.7 Å². The highest BCUT2D eigenvalue weighted by Crippen LogP contribution is 2.00. The lowest BCUT2D eigenvalue weighted by atomic mass is 10.5. The molecule has 12 heavy (non-hydrogen) atoms. The van der Waals surface area contributed by atoms with E-state index in [9.17, 15) is 9.59 Å². The first-order valence-electron chi connectivity index (χ1n) is 3.43. The molecule has 1 aromatic heterocycles. The molecule has 0 bridgehead atoms. The zero-order chi connectivity index (χ0) is 9.14. The number of aldehydes is 1. The van der Waals surface area contributed by atoms with Crippen LogP contribution >= 0.6 is 0 Å². The minimum atomic E-state index is -0.327. The standard InChI is InChI=1S/C7H9N3O2/c1-5-3-9-6(4-11)10(5)7(12)2-8/h3-4H,2,8H2,1H3. The second-order valence-electron chi connectivity index (χ2n) is 2.31. The normalized spacial score (nSPS) is 9.83. The molecule has 0 aromatic carbocycles. The fraction of sp³-hybridized carbons (Fsp3) is 0.286. The highest BCUT2D eigenvalue weighted by atomic mass is 16.2. The largest absolute Gasteiger partial charge is 0.322 e. The van der Waals surface area contributed by atoms with Crippen LogP contribution in [0.1, 0.15) is 21.1 Å². The molecular formula is C7H9N3O2. The summed E-state index contributed by atoms with van der Waals surface area (Å²) in [6.07, 6.45) is 1.98. The van der Waals surface area contributed by atoms with Crippen molar-refractivity contribution >= 4 is 12.2 Å². The van der Waals surface area contributed by atoms with E-state index in [4.69, 9.17) is 5.73 Å². The van der Waals surface area contributed by atoms with Gasteiger partial charge in [-0.1, -0.05) is 0 Å². The molecule has 0 unspecified atom stereocenters. The zero-order valence-corrected chi connectivity index (χ0v) is 6.65. The minimum Gasteiger partial charge on any atom is -0.322 e. The average molecular weight is 167 g/mol. The van der Waals surface area contributed by atoms with E-state index < -0.39 is 0 Å². The molecule has 5 heteroatoms. The molecule has 2 N–H and O–H groups in total. The topological polar surface area (TPSA) is 78.0 Å². The number of hydrogen-bond donors (Lipinski definition) is 1. The van der Waals surface area contributed by atoms with Crippen molar-refractivity contribution in [2.75, 3.05) is 6.54 Å². The van der Waals surface area contributed by atoms with E-state index in [2.05, 4.69) is 4.98 Å². The van der Waals surface area contributed by atoms with E-state index in [-0.39, 0.29) is 18.3 Å². The van der Waals surface area contributed by atoms with Crippen molar-refractivity contribution in [1.82, 2.24) is 9.55 Å². The first-order chi connectivity index (χ1) is 5.70. The number of nitrogens with zero attached hydrogens (tertiary/aromatic N) is 2. The van der Waals surface area contributed by atoms with Gasteiger partial charge < -0.3 is 5.73 Å². The van der Waals surface area contributed by atoms with E-state index in [1.807, 2.05) is 0 Å². The number of carbonyl (C=O) groups excluding carboxylic acids is 2. The number of aryl methyl sites for hydroxylation is 1. The quantitative estimate of drug-likeness (QED) is 0.608. The molecule has 5 nitrogen and oxygen atoms in total. The predicted octanol–water partition coefficient (Wildman–Crippen LogP) is -0.397. The lowest BCUT2D eigenvalue weighted by Gasteiger charge is -2.01. The number of rotatable bonds is 2. The summed E-state index contributed by atoms with van der Waals surface area (Å²) in [5, 5.41) is 0. The van der Waals surface area contributed by atoms with E-state index in [0.29, 0.717) is 12.0 Å². The molecule has 0 aliphatic rings. The van der Waals surface area contributed by atoms with E-state index >= 15 is 0 Å². The van der Waals surface area contributed by atoms with Crippen molar-refractivity contribution in [3.8, 4) is 0 Å².